The maximum Gasteiger partial charge on any atom is 0.251 e. The summed E-state index contributed by atoms with van der Waals surface area (Å²) in [5, 5.41) is 6.61. The summed E-state index contributed by atoms with van der Waals surface area (Å²) in [6.45, 7) is 6.40. The molecule has 4 heteroatoms. The van der Waals surface area contributed by atoms with Gasteiger partial charge in [0.2, 0.25) is 0 Å². The molecule has 0 radical (unpaired) electrons. The van der Waals surface area contributed by atoms with Gasteiger partial charge in [0, 0.05) is 13.1 Å². The molecule has 0 bridgehead atoms. The molecule has 1 spiro atoms. The fourth-order valence-corrected chi connectivity index (χ4v) is 3.78. The van der Waals surface area contributed by atoms with Crippen LogP contribution in [0.25, 0.3) is 0 Å². The first kappa shape index (κ1) is 16.5. The van der Waals surface area contributed by atoms with Crippen LogP contribution < -0.4 is 10.6 Å². The summed E-state index contributed by atoms with van der Waals surface area (Å²) < 4.78 is 6.20. The Hall–Kier alpha value is -1.39. The number of rotatable bonds is 4. The Bertz CT molecular complexity index is 534. The first-order chi connectivity index (χ1) is 11.0. The van der Waals surface area contributed by atoms with Crippen LogP contribution in [0.1, 0.15) is 45.1 Å². The van der Waals surface area contributed by atoms with Crippen LogP contribution in [-0.4, -0.2) is 30.2 Å². The summed E-state index contributed by atoms with van der Waals surface area (Å²) in [7, 11) is 0. The summed E-state index contributed by atoms with van der Waals surface area (Å²) in [6, 6.07) is 10.5. The first-order valence-corrected chi connectivity index (χ1v) is 8.72. The molecular weight excluding hydrogens is 288 g/mol. The molecule has 1 aromatic carbocycles. The SMILES string of the molecule is CC1(C)OC2(CCC(CNCc3ccccc3)CC2)CNC1=O. The average molecular weight is 316 g/mol. The predicted octanol–water partition coefficient (Wildman–Crippen LogP) is 2.63. The lowest BCUT2D eigenvalue weighted by atomic mass is 9.77. The average Bonchev–Trinajstić information content (AvgIpc) is 2.54. The minimum Gasteiger partial charge on any atom is -0.357 e. The Morgan fingerprint density at radius 1 is 1.22 bits per heavy atom. The van der Waals surface area contributed by atoms with Crippen LogP contribution in [0.15, 0.2) is 30.3 Å². The van der Waals surface area contributed by atoms with Gasteiger partial charge in [0.1, 0.15) is 5.60 Å². The van der Waals surface area contributed by atoms with Crippen LogP contribution in [-0.2, 0) is 16.1 Å². The molecule has 3 rings (SSSR count). The number of carbonyl (C=O) groups is 1. The molecule has 1 saturated carbocycles. The molecule has 0 atom stereocenters. The van der Waals surface area contributed by atoms with Crippen molar-refractivity contribution in [1.82, 2.24) is 10.6 Å². The lowest BCUT2D eigenvalue weighted by Crippen LogP contribution is -2.62. The van der Waals surface area contributed by atoms with E-state index in [0.29, 0.717) is 12.5 Å². The molecule has 1 saturated heterocycles. The smallest absolute Gasteiger partial charge is 0.251 e. The van der Waals surface area contributed by atoms with Crippen molar-refractivity contribution in [2.75, 3.05) is 13.1 Å². The van der Waals surface area contributed by atoms with Crippen molar-refractivity contribution in [3.63, 3.8) is 0 Å². The van der Waals surface area contributed by atoms with Gasteiger partial charge in [0.15, 0.2) is 0 Å². The van der Waals surface area contributed by atoms with Gasteiger partial charge in [-0.15, -0.1) is 0 Å². The number of benzene rings is 1. The molecule has 1 aliphatic carbocycles. The van der Waals surface area contributed by atoms with E-state index in [1.54, 1.807) is 0 Å². The zero-order valence-corrected chi connectivity index (χ0v) is 14.2. The van der Waals surface area contributed by atoms with E-state index >= 15 is 0 Å². The Balaban J connectivity index is 1.44. The van der Waals surface area contributed by atoms with Crippen LogP contribution in [0.4, 0.5) is 0 Å². The van der Waals surface area contributed by atoms with E-state index in [0.717, 1.165) is 38.8 Å². The van der Waals surface area contributed by atoms with Crippen molar-refractivity contribution < 1.29 is 9.53 Å². The van der Waals surface area contributed by atoms with Crippen LogP contribution in [0.3, 0.4) is 0 Å². The van der Waals surface area contributed by atoms with E-state index < -0.39 is 5.60 Å². The molecule has 0 aromatic heterocycles. The molecule has 1 aromatic rings. The van der Waals surface area contributed by atoms with Gasteiger partial charge < -0.3 is 15.4 Å². The maximum absolute atomic E-state index is 11.8. The first-order valence-electron chi connectivity index (χ1n) is 8.72. The number of hydrogen-bond donors (Lipinski definition) is 2. The van der Waals surface area contributed by atoms with Gasteiger partial charge in [0.25, 0.3) is 5.91 Å². The maximum atomic E-state index is 11.8. The normalized spacial score (nSPS) is 30.2. The quantitative estimate of drug-likeness (QED) is 0.898. The third-order valence-electron chi connectivity index (χ3n) is 5.21. The molecule has 0 unspecified atom stereocenters. The zero-order chi connectivity index (χ0) is 16.3. The summed E-state index contributed by atoms with van der Waals surface area (Å²) in [5.41, 5.74) is 0.490. The topological polar surface area (TPSA) is 50.4 Å². The number of amides is 1. The van der Waals surface area contributed by atoms with Crippen molar-refractivity contribution in [1.29, 1.82) is 0 Å². The van der Waals surface area contributed by atoms with E-state index in [4.69, 9.17) is 4.74 Å². The summed E-state index contributed by atoms with van der Waals surface area (Å²) >= 11 is 0. The minimum atomic E-state index is -0.698. The molecule has 1 amide bonds. The van der Waals surface area contributed by atoms with Crippen molar-refractivity contribution in [2.24, 2.45) is 5.92 Å². The molecule has 2 N–H and O–H groups in total. The lowest BCUT2D eigenvalue weighted by Gasteiger charge is -2.48. The van der Waals surface area contributed by atoms with Crippen molar-refractivity contribution >= 4 is 5.91 Å². The number of hydrogen-bond acceptors (Lipinski definition) is 3. The van der Waals surface area contributed by atoms with E-state index in [2.05, 4.69) is 41.0 Å². The molecule has 126 valence electrons. The molecule has 2 aliphatic rings. The standard InChI is InChI=1S/C19H28N2O2/c1-18(2)17(22)21-14-19(23-18)10-8-16(9-11-19)13-20-12-15-6-4-3-5-7-15/h3-7,16,20H,8-14H2,1-2H3,(H,21,22). The second-order valence-electron chi connectivity index (χ2n) is 7.54. The molecule has 4 nitrogen and oxygen atoms in total. The third-order valence-corrected chi connectivity index (χ3v) is 5.21. The Kier molecular flexibility index (Phi) is 4.74. The van der Waals surface area contributed by atoms with Gasteiger partial charge in [-0.05, 0) is 57.6 Å². The van der Waals surface area contributed by atoms with Crippen LogP contribution in [0.2, 0.25) is 0 Å². The Morgan fingerprint density at radius 3 is 2.57 bits per heavy atom. The number of ether oxygens (including phenoxy) is 1. The van der Waals surface area contributed by atoms with Gasteiger partial charge in [-0.3, -0.25) is 4.79 Å². The third kappa shape index (κ3) is 3.93. The molecule has 2 fully saturated rings. The van der Waals surface area contributed by atoms with Gasteiger partial charge >= 0.3 is 0 Å². The second kappa shape index (κ2) is 6.62. The van der Waals surface area contributed by atoms with Crippen molar-refractivity contribution in [3.8, 4) is 0 Å². The molecule has 23 heavy (non-hydrogen) atoms. The molecule has 1 heterocycles. The highest BCUT2D eigenvalue weighted by Gasteiger charge is 2.47. The molecule has 1 aliphatic heterocycles. The number of morpholine rings is 1. The Morgan fingerprint density at radius 2 is 1.91 bits per heavy atom. The summed E-state index contributed by atoms with van der Waals surface area (Å²) in [4.78, 5) is 11.8. The zero-order valence-electron chi connectivity index (χ0n) is 14.2. The van der Waals surface area contributed by atoms with Gasteiger partial charge in [-0.25, -0.2) is 0 Å². The van der Waals surface area contributed by atoms with Crippen LogP contribution in [0.5, 0.6) is 0 Å². The van der Waals surface area contributed by atoms with Crippen molar-refractivity contribution in [3.05, 3.63) is 35.9 Å². The fourth-order valence-electron chi connectivity index (χ4n) is 3.78. The van der Waals surface area contributed by atoms with Crippen LogP contribution >= 0.6 is 0 Å². The van der Waals surface area contributed by atoms with Gasteiger partial charge in [-0.2, -0.15) is 0 Å². The predicted molar refractivity (Wildman–Crippen MR) is 91.0 cm³/mol. The van der Waals surface area contributed by atoms with E-state index in [1.165, 1.54) is 5.56 Å². The molecular formula is C19H28N2O2. The van der Waals surface area contributed by atoms with Gasteiger partial charge in [-0.1, -0.05) is 30.3 Å². The second-order valence-corrected chi connectivity index (χ2v) is 7.54. The summed E-state index contributed by atoms with van der Waals surface area (Å²) in [5.74, 6) is 0.712. The van der Waals surface area contributed by atoms with Crippen LogP contribution in [0, 0.1) is 5.92 Å². The minimum absolute atomic E-state index is 0.00905. The largest absolute Gasteiger partial charge is 0.357 e. The highest BCUT2D eigenvalue weighted by molar-refractivity contribution is 5.85. The fraction of sp³-hybridized carbons (Fsp3) is 0.632. The van der Waals surface area contributed by atoms with Gasteiger partial charge in [0.05, 0.1) is 5.60 Å². The summed E-state index contributed by atoms with van der Waals surface area (Å²) in [6.07, 6.45) is 4.39. The van der Waals surface area contributed by atoms with E-state index in [9.17, 15) is 4.79 Å². The Labute approximate surface area is 139 Å². The monoisotopic (exact) mass is 316 g/mol. The highest BCUT2D eigenvalue weighted by atomic mass is 16.5. The lowest BCUT2D eigenvalue weighted by molar-refractivity contribution is -0.193. The van der Waals surface area contributed by atoms with E-state index in [1.807, 2.05) is 13.8 Å². The number of nitrogens with one attached hydrogen (secondary N) is 2. The highest BCUT2D eigenvalue weighted by Crippen LogP contribution is 2.39. The van der Waals surface area contributed by atoms with Crippen molar-refractivity contribution in [2.45, 2.75) is 57.3 Å². The number of carbonyl (C=O) groups excluding carboxylic acids is 1. The van der Waals surface area contributed by atoms with E-state index in [-0.39, 0.29) is 11.5 Å².